The Labute approximate surface area is 178 Å². The second-order valence-corrected chi connectivity index (χ2v) is 7.80. The molecule has 0 amide bonds. The monoisotopic (exact) mass is 474 g/mol. The SMILES string of the molecule is COc1ccc(-c2nnc(SCc3cc(=O)oc4cc(Br)ccc34)o2)cc1OC. The van der Waals surface area contributed by atoms with Gasteiger partial charge in [-0.1, -0.05) is 27.7 Å². The summed E-state index contributed by atoms with van der Waals surface area (Å²) in [6.07, 6.45) is 0. The van der Waals surface area contributed by atoms with Gasteiger partial charge in [-0.25, -0.2) is 4.79 Å². The maximum atomic E-state index is 11.9. The molecule has 0 saturated heterocycles. The topological polar surface area (TPSA) is 87.6 Å². The first-order chi connectivity index (χ1) is 14.1. The van der Waals surface area contributed by atoms with E-state index in [0.717, 1.165) is 21.0 Å². The molecule has 2 aromatic carbocycles. The van der Waals surface area contributed by atoms with Crippen LogP contribution in [0.25, 0.3) is 22.4 Å². The molecular weight excluding hydrogens is 460 g/mol. The summed E-state index contributed by atoms with van der Waals surface area (Å²) < 4.78 is 22.4. The highest BCUT2D eigenvalue weighted by Crippen LogP contribution is 2.33. The molecule has 0 aliphatic rings. The molecule has 0 atom stereocenters. The number of methoxy groups -OCH3 is 2. The summed E-state index contributed by atoms with van der Waals surface area (Å²) in [6, 6.07) is 12.4. The number of aromatic nitrogens is 2. The van der Waals surface area contributed by atoms with Gasteiger partial charge in [0.05, 0.1) is 14.2 Å². The van der Waals surface area contributed by atoms with Crippen LogP contribution >= 0.6 is 27.7 Å². The van der Waals surface area contributed by atoms with Crippen molar-refractivity contribution in [2.45, 2.75) is 11.0 Å². The Morgan fingerprint density at radius 2 is 1.83 bits per heavy atom. The van der Waals surface area contributed by atoms with Crippen molar-refractivity contribution in [2.75, 3.05) is 14.2 Å². The zero-order chi connectivity index (χ0) is 20.4. The third-order valence-electron chi connectivity index (χ3n) is 4.18. The number of ether oxygens (including phenoxy) is 2. The van der Waals surface area contributed by atoms with Gasteiger partial charge in [0.1, 0.15) is 5.58 Å². The van der Waals surface area contributed by atoms with Gasteiger partial charge >= 0.3 is 5.63 Å². The maximum Gasteiger partial charge on any atom is 0.336 e. The van der Waals surface area contributed by atoms with E-state index in [1.165, 1.54) is 17.8 Å². The lowest BCUT2D eigenvalue weighted by molar-refractivity contribution is 0.355. The van der Waals surface area contributed by atoms with Crippen molar-refractivity contribution >= 4 is 38.7 Å². The first-order valence-electron chi connectivity index (χ1n) is 8.48. The second-order valence-electron chi connectivity index (χ2n) is 5.96. The Morgan fingerprint density at radius 3 is 2.62 bits per heavy atom. The van der Waals surface area contributed by atoms with Gasteiger partial charge in [-0.3, -0.25) is 0 Å². The fourth-order valence-corrected chi connectivity index (χ4v) is 3.91. The van der Waals surface area contributed by atoms with Crippen molar-refractivity contribution in [2.24, 2.45) is 0 Å². The molecule has 2 aromatic heterocycles. The van der Waals surface area contributed by atoms with E-state index in [1.807, 2.05) is 18.2 Å². The van der Waals surface area contributed by atoms with Crippen LogP contribution in [0.15, 0.2) is 65.8 Å². The zero-order valence-electron chi connectivity index (χ0n) is 15.5. The smallest absolute Gasteiger partial charge is 0.336 e. The van der Waals surface area contributed by atoms with Crippen LogP contribution in [0.2, 0.25) is 0 Å². The highest BCUT2D eigenvalue weighted by atomic mass is 79.9. The lowest BCUT2D eigenvalue weighted by Gasteiger charge is -2.07. The molecule has 0 bridgehead atoms. The molecule has 29 heavy (non-hydrogen) atoms. The number of hydrogen-bond donors (Lipinski definition) is 0. The Kier molecular flexibility index (Phi) is 5.59. The maximum absolute atomic E-state index is 11.9. The average molecular weight is 475 g/mol. The first kappa shape index (κ1) is 19.5. The van der Waals surface area contributed by atoms with Gasteiger partial charge in [-0.2, -0.15) is 0 Å². The molecule has 0 fully saturated rings. The summed E-state index contributed by atoms with van der Waals surface area (Å²) in [6.45, 7) is 0. The minimum Gasteiger partial charge on any atom is -0.493 e. The number of halogens is 1. The van der Waals surface area contributed by atoms with Gasteiger partial charge < -0.3 is 18.3 Å². The zero-order valence-corrected chi connectivity index (χ0v) is 17.9. The average Bonchev–Trinajstić information content (AvgIpc) is 3.20. The Bertz CT molecular complexity index is 1240. The first-order valence-corrected chi connectivity index (χ1v) is 10.3. The quantitative estimate of drug-likeness (QED) is 0.287. The van der Waals surface area contributed by atoms with Gasteiger partial charge in [0.25, 0.3) is 5.22 Å². The van der Waals surface area contributed by atoms with Crippen molar-refractivity contribution in [3.63, 3.8) is 0 Å². The van der Waals surface area contributed by atoms with Crippen LogP contribution in [0.3, 0.4) is 0 Å². The minimum atomic E-state index is -0.400. The molecular formula is C20H15BrN2O5S. The van der Waals surface area contributed by atoms with Crippen molar-refractivity contribution in [1.82, 2.24) is 10.2 Å². The van der Waals surface area contributed by atoms with Crippen LogP contribution in [0.1, 0.15) is 5.56 Å². The van der Waals surface area contributed by atoms with Gasteiger partial charge in [0, 0.05) is 27.2 Å². The van der Waals surface area contributed by atoms with Crippen LogP contribution in [-0.2, 0) is 5.75 Å². The lowest BCUT2D eigenvalue weighted by atomic mass is 10.1. The second kappa shape index (κ2) is 8.30. The molecule has 0 spiro atoms. The Morgan fingerprint density at radius 1 is 1.00 bits per heavy atom. The number of fused-ring (bicyclic) bond motifs is 1. The number of benzene rings is 2. The van der Waals surface area contributed by atoms with Crippen LogP contribution in [0.4, 0.5) is 0 Å². The van der Waals surface area contributed by atoms with E-state index in [-0.39, 0.29) is 0 Å². The lowest BCUT2D eigenvalue weighted by Crippen LogP contribution is -1.99. The normalized spacial score (nSPS) is 11.0. The highest BCUT2D eigenvalue weighted by molar-refractivity contribution is 9.10. The van der Waals surface area contributed by atoms with Crippen molar-refractivity contribution in [3.05, 3.63) is 62.9 Å². The molecule has 0 unspecified atom stereocenters. The third kappa shape index (κ3) is 4.15. The molecule has 4 aromatic rings. The van der Waals surface area contributed by atoms with Crippen LogP contribution < -0.4 is 15.1 Å². The van der Waals surface area contributed by atoms with Crippen LogP contribution in [0, 0.1) is 0 Å². The van der Waals surface area contributed by atoms with E-state index < -0.39 is 5.63 Å². The van der Waals surface area contributed by atoms with E-state index in [2.05, 4.69) is 26.1 Å². The summed E-state index contributed by atoms with van der Waals surface area (Å²) in [7, 11) is 3.14. The van der Waals surface area contributed by atoms with Gasteiger partial charge in [0.2, 0.25) is 5.89 Å². The van der Waals surface area contributed by atoms with Gasteiger partial charge in [-0.05, 0) is 42.0 Å². The van der Waals surface area contributed by atoms with Gasteiger partial charge in [0.15, 0.2) is 11.5 Å². The van der Waals surface area contributed by atoms with Crippen LogP contribution in [-0.4, -0.2) is 24.4 Å². The summed E-state index contributed by atoms with van der Waals surface area (Å²) in [5.41, 5.74) is 1.68. The van der Waals surface area contributed by atoms with E-state index >= 15 is 0 Å². The van der Waals surface area contributed by atoms with Gasteiger partial charge in [-0.15, -0.1) is 10.2 Å². The molecule has 7 nitrogen and oxygen atoms in total. The standard InChI is InChI=1S/C20H15BrN2O5S/c1-25-15-6-3-11(7-17(15)26-2)19-22-23-20(28-19)29-10-12-8-18(24)27-16-9-13(21)4-5-14(12)16/h3-9H,10H2,1-2H3. The predicted octanol–water partition coefficient (Wildman–Crippen LogP) is 4.92. The van der Waals surface area contributed by atoms with E-state index in [4.69, 9.17) is 18.3 Å². The molecule has 0 aliphatic carbocycles. The number of nitrogens with zero attached hydrogens (tertiary/aromatic N) is 2. The summed E-state index contributed by atoms with van der Waals surface area (Å²) >= 11 is 4.73. The molecule has 0 radical (unpaired) electrons. The Hall–Kier alpha value is -2.78. The Balaban J connectivity index is 1.56. The molecule has 0 N–H and O–H groups in total. The van der Waals surface area contributed by atoms with Crippen molar-refractivity contribution in [3.8, 4) is 23.0 Å². The molecule has 2 heterocycles. The minimum absolute atomic E-state index is 0.370. The molecule has 4 rings (SSSR count). The molecule has 0 aliphatic heterocycles. The van der Waals surface area contributed by atoms with E-state index in [1.54, 1.807) is 32.4 Å². The molecule has 9 heteroatoms. The number of hydrogen-bond acceptors (Lipinski definition) is 8. The largest absolute Gasteiger partial charge is 0.493 e. The third-order valence-corrected chi connectivity index (χ3v) is 5.54. The fourth-order valence-electron chi connectivity index (χ4n) is 2.82. The predicted molar refractivity (Wildman–Crippen MR) is 113 cm³/mol. The number of rotatable bonds is 6. The summed E-state index contributed by atoms with van der Waals surface area (Å²) in [5, 5.41) is 9.45. The summed E-state index contributed by atoms with van der Waals surface area (Å²) in [4.78, 5) is 11.9. The number of thioether (sulfide) groups is 1. The fraction of sp³-hybridized carbons (Fsp3) is 0.150. The molecule has 0 saturated carbocycles. The van der Waals surface area contributed by atoms with E-state index in [9.17, 15) is 4.79 Å². The molecule has 148 valence electrons. The highest BCUT2D eigenvalue weighted by Gasteiger charge is 2.14. The van der Waals surface area contributed by atoms with Crippen LogP contribution in [0.5, 0.6) is 11.5 Å². The van der Waals surface area contributed by atoms with Crippen molar-refractivity contribution < 1.29 is 18.3 Å². The van der Waals surface area contributed by atoms with E-state index in [0.29, 0.717) is 33.9 Å². The van der Waals surface area contributed by atoms with Crippen molar-refractivity contribution in [1.29, 1.82) is 0 Å². The summed E-state index contributed by atoms with van der Waals surface area (Å²) in [5.74, 6) is 2.05.